The van der Waals surface area contributed by atoms with Crippen LogP contribution in [0.15, 0.2) is 53.8 Å². The van der Waals surface area contributed by atoms with Crippen molar-refractivity contribution in [3.63, 3.8) is 0 Å². The summed E-state index contributed by atoms with van der Waals surface area (Å²) >= 11 is 0. The first-order chi connectivity index (χ1) is 15.7. The summed E-state index contributed by atoms with van der Waals surface area (Å²) in [6.45, 7) is 11.0. The Bertz CT molecular complexity index is 1040. The van der Waals surface area contributed by atoms with Crippen LogP contribution in [-0.4, -0.2) is 59.6 Å². The van der Waals surface area contributed by atoms with Crippen molar-refractivity contribution >= 4 is 35.6 Å². The number of pyridine rings is 1. The summed E-state index contributed by atoms with van der Waals surface area (Å²) in [6.07, 6.45) is 5.00. The number of ether oxygens (including phenoxy) is 1. The molecule has 0 radical (unpaired) electrons. The number of guanidine groups is 1. The number of aliphatic imine (C=N–C) groups is 1. The second-order valence-corrected chi connectivity index (χ2v) is 8.18. The summed E-state index contributed by atoms with van der Waals surface area (Å²) < 4.78 is 7.57. The number of aromatic nitrogens is 2. The third kappa shape index (κ3) is 7.15. The van der Waals surface area contributed by atoms with Gasteiger partial charge >= 0.3 is 0 Å². The first-order valence-electron chi connectivity index (χ1n) is 11.5. The minimum absolute atomic E-state index is 0. The lowest BCUT2D eigenvalue weighted by atomic mass is 10.1. The molecule has 0 amide bonds. The van der Waals surface area contributed by atoms with Crippen LogP contribution in [0.1, 0.15) is 29.3 Å². The van der Waals surface area contributed by atoms with Gasteiger partial charge in [0.1, 0.15) is 5.65 Å². The average Bonchev–Trinajstić information content (AvgIpc) is 3.23. The largest absolute Gasteiger partial charge is 0.379 e. The number of hydrogen-bond donors (Lipinski definition) is 2. The number of imidazole rings is 1. The van der Waals surface area contributed by atoms with E-state index in [1.807, 2.05) is 6.20 Å². The highest BCUT2D eigenvalue weighted by atomic mass is 127. The number of benzene rings is 1. The Morgan fingerprint density at radius 2 is 1.88 bits per heavy atom. The van der Waals surface area contributed by atoms with E-state index >= 15 is 0 Å². The van der Waals surface area contributed by atoms with E-state index in [1.165, 1.54) is 16.7 Å². The SMILES string of the molecule is CCNC(=NCc1ccccc1CN1CCOCC1)NCCc1cn2cccc(C)c2n1.I. The fourth-order valence-electron chi connectivity index (χ4n) is 4.01. The van der Waals surface area contributed by atoms with E-state index in [4.69, 9.17) is 14.7 Å². The van der Waals surface area contributed by atoms with Crippen LogP contribution in [0, 0.1) is 6.92 Å². The van der Waals surface area contributed by atoms with Crippen molar-refractivity contribution in [2.24, 2.45) is 4.99 Å². The molecule has 0 spiro atoms. The van der Waals surface area contributed by atoms with Gasteiger partial charge in [-0.1, -0.05) is 30.3 Å². The van der Waals surface area contributed by atoms with Gasteiger partial charge in [0.25, 0.3) is 0 Å². The monoisotopic (exact) mass is 562 g/mol. The second-order valence-electron chi connectivity index (χ2n) is 8.18. The van der Waals surface area contributed by atoms with Gasteiger partial charge in [0.05, 0.1) is 25.5 Å². The molecular formula is C25H35IN6O. The van der Waals surface area contributed by atoms with Gasteiger partial charge in [0, 0.05) is 51.5 Å². The lowest BCUT2D eigenvalue weighted by molar-refractivity contribution is 0.0341. The fraction of sp³-hybridized carbons (Fsp3) is 0.440. The maximum atomic E-state index is 5.48. The summed E-state index contributed by atoms with van der Waals surface area (Å²) in [4.78, 5) is 12.1. The van der Waals surface area contributed by atoms with Crippen LogP contribution in [0.2, 0.25) is 0 Å². The number of hydrogen-bond acceptors (Lipinski definition) is 4. The summed E-state index contributed by atoms with van der Waals surface area (Å²) in [5.41, 5.74) is 5.91. The van der Waals surface area contributed by atoms with E-state index in [-0.39, 0.29) is 24.0 Å². The quantitative estimate of drug-likeness (QED) is 0.251. The number of aryl methyl sites for hydroxylation is 1. The van der Waals surface area contributed by atoms with Crippen molar-refractivity contribution in [2.45, 2.75) is 33.4 Å². The van der Waals surface area contributed by atoms with Gasteiger partial charge in [0.15, 0.2) is 5.96 Å². The molecule has 0 unspecified atom stereocenters. The molecule has 0 saturated carbocycles. The van der Waals surface area contributed by atoms with Crippen LogP contribution in [-0.2, 0) is 24.2 Å². The summed E-state index contributed by atoms with van der Waals surface area (Å²) in [5, 5.41) is 6.82. The van der Waals surface area contributed by atoms with E-state index in [0.29, 0.717) is 6.54 Å². The van der Waals surface area contributed by atoms with Crippen molar-refractivity contribution in [3.8, 4) is 0 Å². The molecule has 1 aliphatic rings. The highest BCUT2D eigenvalue weighted by molar-refractivity contribution is 14.0. The maximum absolute atomic E-state index is 5.48. The molecule has 1 saturated heterocycles. The van der Waals surface area contributed by atoms with Crippen LogP contribution in [0.4, 0.5) is 0 Å². The molecule has 2 N–H and O–H groups in total. The zero-order valence-corrected chi connectivity index (χ0v) is 21.9. The van der Waals surface area contributed by atoms with Crippen LogP contribution in [0.5, 0.6) is 0 Å². The van der Waals surface area contributed by atoms with E-state index in [9.17, 15) is 0 Å². The van der Waals surface area contributed by atoms with Gasteiger partial charge in [-0.15, -0.1) is 24.0 Å². The average molecular weight is 563 g/mol. The van der Waals surface area contributed by atoms with Gasteiger partial charge < -0.3 is 19.8 Å². The zero-order chi connectivity index (χ0) is 22.2. The predicted octanol–water partition coefficient (Wildman–Crippen LogP) is 3.39. The standard InChI is InChI=1S/C25H34N6O.HI/c1-3-26-25(27-11-10-23-19-31-12-6-7-20(2)24(31)29-23)28-17-21-8-4-5-9-22(21)18-30-13-15-32-16-14-30;/h4-9,12,19H,3,10-11,13-18H2,1-2H3,(H2,26,27,28);1H. The third-order valence-electron chi connectivity index (χ3n) is 5.77. The van der Waals surface area contributed by atoms with Gasteiger partial charge in [-0.3, -0.25) is 4.90 Å². The minimum Gasteiger partial charge on any atom is -0.379 e. The zero-order valence-electron chi connectivity index (χ0n) is 19.6. The first-order valence-corrected chi connectivity index (χ1v) is 11.5. The molecule has 1 aromatic carbocycles. The number of nitrogens with one attached hydrogen (secondary N) is 2. The van der Waals surface area contributed by atoms with Gasteiger partial charge in [-0.2, -0.15) is 0 Å². The van der Waals surface area contributed by atoms with Crippen LogP contribution in [0.25, 0.3) is 5.65 Å². The fourth-order valence-corrected chi connectivity index (χ4v) is 4.01. The first kappa shape index (κ1) is 25.5. The van der Waals surface area contributed by atoms with Crippen molar-refractivity contribution in [1.29, 1.82) is 0 Å². The van der Waals surface area contributed by atoms with Crippen molar-refractivity contribution < 1.29 is 4.74 Å². The van der Waals surface area contributed by atoms with E-state index in [0.717, 1.165) is 69.7 Å². The molecule has 0 aliphatic carbocycles. The third-order valence-corrected chi connectivity index (χ3v) is 5.77. The highest BCUT2D eigenvalue weighted by Crippen LogP contribution is 2.14. The molecule has 3 aromatic rings. The van der Waals surface area contributed by atoms with Crippen molar-refractivity contribution in [2.75, 3.05) is 39.4 Å². The van der Waals surface area contributed by atoms with E-state index in [2.05, 4.69) is 76.4 Å². The number of nitrogens with zero attached hydrogens (tertiary/aromatic N) is 4. The summed E-state index contributed by atoms with van der Waals surface area (Å²) in [7, 11) is 0. The van der Waals surface area contributed by atoms with Crippen molar-refractivity contribution in [3.05, 3.63) is 71.2 Å². The van der Waals surface area contributed by atoms with Gasteiger partial charge in [-0.25, -0.2) is 9.98 Å². The molecule has 3 heterocycles. The van der Waals surface area contributed by atoms with E-state index in [1.54, 1.807) is 0 Å². The van der Waals surface area contributed by atoms with Crippen LogP contribution < -0.4 is 10.6 Å². The normalized spacial score (nSPS) is 14.8. The molecule has 8 heteroatoms. The number of rotatable bonds is 8. The Morgan fingerprint density at radius 1 is 1.09 bits per heavy atom. The Labute approximate surface area is 213 Å². The number of fused-ring (bicyclic) bond motifs is 1. The Kier molecular flexibility index (Phi) is 9.95. The second kappa shape index (κ2) is 12.9. The smallest absolute Gasteiger partial charge is 0.191 e. The molecular weight excluding hydrogens is 527 g/mol. The van der Waals surface area contributed by atoms with E-state index < -0.39 is 0 Å². The Morgan fingerprint density at radius 3 is 2.64 bits per heavy atom. The minimum atomic E-state index is 0. The molecule has 178 valence electrons. The topological polar surface area (TPSA) is 66.2 Å². The van der Waals surface area contributed by atoms with Crippen molar-refractivity contribution in [1.82, 2.24) is 24.9 Å². The molecule has 33 heavy (non-hydrogen) atoms. The lowest BCUT2D eigenvalue weighted by Gasteiger charge is -2.27. The lowest BCUT2D eigenvalue weighted by Crippen LogP contribution is -2.38. The highest BCUT2D eigenvalue weighted by Gasteiger charge is 2.12. The molecule has 0 atom stereocenters. The molecule has 4 rings (SSSR count). The predicted molar refractivity (Wildman–Crippen MR) is 144 cm³/mol. The Hall–Kier alpha value is -2.17. The van der Waals surface area contributed by atoms with Crippen LogP contribution in [0.3, 0.4) is 0 Å². The Balaban J connectivity index is 0.00000306. The number of morpholine rings is 1. The van der Waals surface area contributed by atoms with Gasteiger partial charge in [0.2, 0.25) is 0 Å². The molecule has 7 nitrogen and oxygen atoms in total. The summed E-state index contributed by atoms with van der Waals surface area (Å²) in [6, 6.07) is 12.8. The van der Waals surface area contributed by atoms with Gasteiger partial charge in [-0.05, 0) is 36.6 Å². The number of halogens is 1. The summed E-state index contributed by atoms with van der Waals surface area (Å²) in [5.74, 6) is 0.841. The molecule has 2 aromatic heterocycles. The molecule has 0 bridgehead atoms. The molecule has 1 aliphatic heterocycles. The maximum Gasteiger partial charge on any atom is 0.191 e. The van der Waals surface area contributed by atoms with Crippen LogP contribution >= 0.6 is 24.0 Å². The molecule has 1 fully saturated rings.